The molecule has 0 radical (unpaired) electrons. The molecule has 206 valence electrons. The van der Waals surface area contributed by atoms with Gasteiger partial charge >= 0.3 is 0 Å². The van der Waals surface area contributed by atoms with Gasteiger partial charge < -0.3 is 20.9 Å². The molecule has 1 fully saturated rings. The highest BCUT2D eigenvalue weighted by molar-refractivity contribution is 6.00. The molecule has 1 aliphatic heterocycles. The molecule has 0 aliphatic carbocycles. The van der Waals surface area contributed by atoms with Gasteiger partial charge in [0.1, 0.15) is 6.67 Å². The van der Waals surface area contributed by atoms with Gasteiger partial charge in [0.05, 0.1) is 11.6 Å². The molecule has 1 aromatic heterocycles. The van der Waals surface area contributed by atoms with Crippen molar-refractivity contribution in [3.05, 3.63) is 85.1 Å². The highest BCUT2D eigenvalue weighted by atomic mass is 19.1. The summed E-state index contributed by atoms with van der Waals surface area (Å²) < 4.78 is 12.5. The Morgan fingerprint density at radius 3 is 2.60 bits per heavy atom. The fourth-order valence-electron chi connectivity index (χ4n) is 4.65. The molecule has 40 heavy (non-hydrogen) atoms. The Labute approximate surface area is 233 Å². The number of carbonyl (C=O) groups is 1. The quantitative estimate of drug-likeness (QED) is 0.227. The number of amides is 1. The molecule has 8 nitrogen and oxygen atoms in total. The van der Waals surface area contributed by atoms with Crippen LogP contribution in [0.5, 0.6) is 0 Å². The lowest BCUT2D eigenvalue weighted by Gasteiger charge is -2.39. The van der Waals surface area contributed by atoms with E-state index in [4.69, 9.17) is 4.98 Å². The van der Waals surface area contributed by atoms with Gasteiger partial charge in [0, 0.05) is 66.5 Å². The standard InChI is InChI=1S/C31H34FN7O/c1-38(2)16-5-10-29(40)35-26-8-3-6-22(18-26)28-9-4-7-23-19-33-31(37-30(23)28)36-25-13-11-24(12-14-25)34-27-20-39(21-27)17-15-32/h3-14,18-19,27,34H,15-17,20-21H2,1-2H3,(H,35,40)(H,33,36,37)/b10-5+. The van der Waals surface area contributed by atoms with Crippen LogP contribution in [0.4, 0.5) is 27.4 Å². The number of hydrogen-bond acceptors (Lipinski definition) is 7. The molecule has 0 unspecified atom stereocenters. The Morgan fingerprint density at radius 2 is 1.82 bits per heavy atom. The van der Waals surface area contributed by atoms with Gasteiger partial charge in [-0.2, -0.15) is 0 Å². The topological polar surface area (TPSA) is 85.4 Å². The average Bonchev–Trinajstić information content (AvgIpc) is 2.92. The summed E-state index contributed by atoms with van der Waals surface area (Å²) in [7, 11) is 3.91. The molecule has 3 aromatic carbocycles. The predicted molar refractivity (Wildman–Crippen MR) is 161 cm³/mol. The predicted octanol–water partition coefficient (Wildman–Crippen LogP) is 5.16. The largest absolute Gasteiger partial charge is 0.380 e. The summed E-state index contributed by atoms with van der Waals surface area (Å²) in [5, 5.41) is 10.6. The number of aromatic nitrogens is 2. The summed E-state index contributed by atoms with van der Waals surface area (Å²) in [6, 6.07) is 22.1. The van der Waals surface area contributed by atoms with Crippen molar-refractivity contribution < 1.29 is 9.18 Å². The maximum atomic E-state index is 12.5. The Bertz CT molecular complexity index is 1480. The molecule has 4 aromatic rings. The van der Waals surface area contributed by atoms with Crippen molar-refractivity contribution in [3.63, 3.8) is 0 Å². The number of halogens is 1. The molecular weight excluding hydrogens is 505 g/mol. The normalized spacial score (nSPS) is 14.0. The van der Waals surface area contributed by atoms with Crippen molar-refractivity contribution in [2.45, 2.75) is 6.04 Å². The highest BCUT2D eigenvalue weighted by Crippen LogP contribution is 2.30. The summed E-state index contributed by atoms with van der Waals surface area (Å²) in [6.07, 6.45) is 5.19. The fourth-order valence-corrected chi connectivity index (χ4v) is 4.65. The van der Waals surface area contributed by atoms with Gasteiger partial charge in [-0.3, -0.25) is 9.69 Å². The molecule has 1 amide bonds. The Balaban J connectivity index is 1.28. The fraction of sp³-hybridized carbons (Fsp3) is 0.258. The van der Waals surface area contributed by atoms with Gasteiger partial charge in [0.15, 0.2) is 0 Å². The maximum absolute atomic E-state index is 12.5. The van der Waals surface area contributed by atoms with E-state index < -0.39 is 0 Å². The SMILES string of the molecule is CN(C)C/C=C/C(=O)Nc1cccc(-c2cccc3cnc(Nc4ccc(NC5CN(CCF)C5)cc4)nc23)c1. The molecule has 0 atom stereocenters. The monoisotopic (exact) mass is 539 g/mol. The van der Waals surface area contributed by atoms with E-state index in [-0.39, 0.29) is 12.6 Å². The van der Waals surface area contributed by atoms with Crippen LogP contribution in [0.2, 0.25) is 0 Å². The first kappa shape index (κ1) is 27.2. The van der Waals surface area contributed by atoms with E-state index >= 15 is 0 Å². The molecule has 3 N–H and O–H groups in total. The highest BCUT2D eigenvalue weighted by Gasteiger charge is 2.25. The van der Waals surface area contributed by atoms with Gasteiger partial charge in [-0.1, -0.05) is 36.4 Å². The summed E-state index contributed by atoms with van der Waals surface area (Å²) >= 11 is 0. The first-order valence-corrected chi connectivity index (χ1v) is 13.4. The van der Waals surface area contributed by atoms with E-state index in [1.54, 1.807) is 6.08 Å². The van der Waals surface area contributed by atoms with Crippen molar-refractivity contribution in [2.75, 3.05) is 62.9 Å². The second kappa shape index (κ2) is 12.7. The number of nitrogens with zero attached hydrogens (tertiary/aromatic N) is 4. The lowest BCUT2D eigenvalue weighted by Crippen LogP contribution is -2.55. The first-order chi connectivity index (χ1) is 19.5. The van der Waals surface area contributed by atoms with Crippen LogP contribution < -0.4 is 16.0 Å². The zero-order chi connectivity index (χ0) is 27.9. The van der Waals surface area contributed by atoms with Gasteiger partial charge in [-0.05, 0) is 56.1 Å². The van der Waals surface area contributed by atoms with E-state index in [9.17, 15) is 9.18 Å². The number of rotatable bonds is 11. The zero-order valence-corrected chi connectivity index (χ0v) is 22.8. The van der Waals surface area contributed by atoms with E-state index in [2.05, 4.69) is 25.8 Å². The van der Waals surface area contributed by atoms with Crippen LogP contribution in [-0.2, 0) is 4.79 Å². The van der Waals surface area contributed by atoms with Crippen molar-refractivity contribution >= 4 is 39.8 Å². The van der Waals surface area contributed by atoms with Crippen LogP contribution in [0.1, 0.15) is 0 Å². The molecular formula is C31H34FN7O. The Hall–Kier alpha value is -4.34. The number of alkyl halides is 1. The summed E-state index contributed by atoms with van der Waals surface area (Å²) in [6.45, 7) is 2.62. The van der Waals surface area contributed by atoms with Crippen LogP contribution in [0.3, 0.4) is 0 Å². The third-order valence-corrected chi connectivity index (χ3v) is 6.66. The van der Waals surface area contributed by atoms with E-state index in [0.29, 0.717) is 30.8 Å². The van der Waals surface area contributed by atoms with Crippen LogP contribution in [0.15, 0.2) is 85.1 Å². The minimum atomic E-state index is -0.300. The lowest BCUT2D eigenvalue weighted by atomic mass is 10.0. The minimum absolute atomic E-state index is 0.168. The maximum Gasteiger partial charge on any atom is 0.248 e. The van der Waals surface area contributed by atoms with Crippen LogP contribution >= 0.6 is 0 Å². The second-order valence-corrected chi connectivity index (χ2v) is 10.2. The van der Waals surface area contributed by atoms with Crippen molar-refractivity contribution in [1.82, 2.24) is 19.8 Å². The number of hydrogen-bond donors (Lipinski definition) is 3. The van der Waals surface area contributed by atoms with E-state index in [0.717, 1.165) is 46.5 Å². The van der Waals surface area contributed by atoms with E-state index in [1.165, 1.54) is 0 Å². The average molecular weight is 540 g/mol. The van der Waals surface area contributed by atoms with Crippen molar-refractivity contribution in [3.8, 4) is 11.1 Å². The number of carbonyl (C=O) groups excluding carboxylic acids is 1. The van der Waals surface area contributed by atoms with E-state index in [1.807, 2.05) is 98.0 Å². The van der Waals surface area contributed by atoms with Crippen molar-refractivity contribution in [2.24, 2.45) is 0 Å². The summed E-state index contributed by atoms with van der Waals surface area (Å²) in [5.74, 6) is 0.329. The Morgan fingerprint density at radius 1 is 1.05 bits per heavy atom. The zero-order valence-electron chi connectivity index (χ0n) is 22.8. The minimum Gasteiger partial charge on any atom is -0.380 e. The van der Waals surface area contributed by atoms with Gasteiger partial charge in [-0.15, -0.1) is 0 Å². The van der Waals surface area contributed by atoms with Crippen LogP contribution in [-0.4, -0.2) is 78.7 Å². The van der Waals surface area contributed by atoms with Gasteiger partial charge in [0.2, 0.25) is 11.9 Å². The summed E-state index contributed by atoms with van der Waals surface area (Å²) in [4.78, 5) is 25.8. The van der Waals surface area contributed by atoms with Gasteiger partial charge in [-0.25, -0.2) is 14.4 Å². The third kappa shape index (κ3) is 6.99. The number of para-hydroxylation sites is 1. The number of likely N-dealkylation sites (tertiary alicyclic amines) is 1. The number of benzene rings is 3. The smallest absolute Gasteiger partial charge is 0.248 e. The number of anilines is 4. The number of nitrogens with one attached hydrogen (secondary N) is 3. The number of likely N-dealkylation sites (N-methyl/N-ethyl adjacent to an activating group) is 1. The molecule has 0 bridgehead atoms. The van der Waals surface area contributed by atoms with Crippen LogP contribution in [0.25, 0.3) is 22.0 Å². The third-order valence-electron chi connectivity index (χ3n) is 6.66. The molecule has 1 saturated heterocycles. The van der Waals surface area contributed by atoms with Gasteiger partial charge in [0.25, 0.3) is 0 Å². The summed E-state index contributed by atoms with van der Waals surface area (Å²) in [5.41, 5.74) is 5.33. The molecule has 9 heteroatoms. The lowest BCUT2D eigenvalue weighted by molar-refractivity contribution is -0.111. The molecule has 1 aliphatic rings. The first-order valence-electron chi connectivity index (χ1n) is 13.4. The van der Waals surface area contributed by atoms with Crippen molar-refractivity contribution in [1.29, 1.82) is 0 Å². The van der Waals surface area contributed by atoms with Crippen LogP contribution in [0, 0.1) is 0 Å². The molecule has 2 heterocycles. The molecule has 0 spiro atoms. The molecule has 5 rings (SSSR count). The Kier molecular flexibility index (Phi) is 8.63. The molecule has 0 saturated carbocycles. The second-order valence-electron chi connectivity index (χ2n) is 10.2. The number of fused-ring (bicyclic) bond motifs is 1.